The SMILES string of the molecule is CCOC(=O)CCc1ccc2c(c1)CCC(CNCC(O)c1cccc(Cl)c1)C2. The van der Waals surface area contributed by atoms with Crippen molar-refractivity contribution in [3.8, 4) is 0 Å². The van der Waals surface area contributed by atoms with Gasteiger partial charge in [0, 0.05) is 18.0 Å². The van der Waals surface area contributed by atoms with Crippen LogP contribution < -0.4 is 5.32 Å². The molecular formula is C24H30ClNO3. The van der Waals surface area contributed by atoms with Crippen LogP contribution in [-0.4, -0.2) is 30.8 Å². The Morgan fingerprint density at radius 2 is 2.14 bits per heavy atom. The summed E-state index contributed by atoms with van der Waals surface area (Å²) in [5.74, 6) is 0.441. The van der Waals surface area contributed by atoms with Gasteiger partial charge in [0.15, 0.2) is 0 Å². The molecule has 0 amide bonds. The van der Waals surface area contributed by atoms with Crippen LogP contribution in [0, 0.1) is 5.92 Å². The maximum atomic E-state index is 11.6. The molecule has 0 fully saturated rings. The van der Waals surface area contributed by atoms with Gasteiger partial charge < -0.3 is 15.2 Å². The lowest BCUT2D eigenvalue weighted by Crippen LogP contribution is -2.30. The van der Waals surface area contributed by atoms with E-state index in [1.165, 1.54) is 16.7 Å². The van der Waals surface area contributed by atoms with Crippen LogP contribution in [0.5, 0.6) is 0 Å². The van der Waals surface area contributed by atoms with E-state index >= 15 is 0 Å². The lowest BCUT2D eigenvalue weighted by atomic mass is 9.83. The summed E-state index contributed by atoms with van der Waals surface area (Å²) in [6.07, 6.45) is 3.87. The van der Waals surface area contributed by atoms with Crippen molar-refractivity contribution in [3.63, 3.8) is 0 Å². The number of hydrogen-bond acceptors (Lipinski definition) is 4. The van der Waals surface area contributed by atoms with Gasteiger partial charge in [-0.05, 0) is 79.5 Å². The quantitative estimate of drug-likeness (QED) is 0.600. The summed E-state index contributed by atoms with van der Waals surface area (Å²) in [6.45, 7) is 3.69. The highest BCUT2D eigenvalue weighted by Crippen LogP contribution is 2.27. The number of carbonyl (C=O) groups excluding carboxylic acids is 1. The van der Waals surface area contributed by atoms with Crippen molar-refractivity contribution in [2.75, 3.05) is 19.7 Å². The van der Waals surface area contributed by atoms with Crippen LogP contribution in [0.25, 0.3) is 0 Å². The number of esters is 1. The normalized spacial score (nSPS) is 16.9. The molecule has 0 heterocycles. The largest absolute Gasteiger partial charge is 0.466 e. The molecule has 5 heteroatoms. The predicted octanol–water partition coefficient (Wildman–Crippen LogP) is 4.26. The van der Waals surface area contributed by atoms with Gasteiger partial charge in [-0.1, -0.05) is 41.9 Å². The number of benzene rings is 2. The highest BCUT2D eigenvalue weighted by Gasteiger charge is 2.19. The Labute approximate surface area is 178 Å². The van der Waals surface area contributed by atoms with Crippen LogP contribution in [0.3, 0.4) is 0 Å². The summed E-state index contributed by atoms with van der Waals surface area (Å²) in [5.41, 5.74) is 4.85. The molecule has 2 aromatic rings. The van der Waals surface area contributed by atoms with E-state index in [1.807, 2.05) is 31.2 Å². The van der Waals surface area contributed by atoms with Crippen LogP contribution >= 0.6 is 11.6 Å². The average Bonchev–Trinajstić information content (AvgIpc) is 2.72. The number of aliphatic hydroxyl groups excluding tert-OH is 1. The highest BCUT2D eigenvalue weighted by molar-refractivity contribution is 6.30. The lowest BCUT2D eigenvalue weighted by Gasteiger charge is -2.26. The molecule has 3 rings (SSSR count). The number of nitrogens with one attached hydrogen (secondary N) is 1. The number of carbonyl (C=O) groups is 1. The van der Waals surface area contributed by atoms with E-state index < -0.39 is 6.10 Å². The van der Waals surface area contributed by atoms with E-state index in [-0.39, 0.29) is 5.97 Å². The molecule has 0 saturated carbocycles. The second-order valence-electron chi connectivity index (χ2n) is 7.75. The van der Waals surface area contributed by atoms with Gasteiger partial charge in [-0.2, -0.15) is 0 Å². The molecule has 0 radical (unpaired) electrons. The third-order valence-corrected chi connectivity index (χ3v) is 5.76. The Kier molecular flexibility index (Phi) is 8.10. The van der Waals surface area contributed by atoms with Crippen molar-refractivity contribution in [1.82, 2.24) is 5.32 Å². The summed E-state index contributed by atoms with van der Waals surface area (Å²) < 4.78 is 5.01. The summed E-state index contributed by atoms with van der Waals surface area (Å²) in [6, 6.07) is 14.0. The molecule has 2 atom stereocenters. The maximum Gasteiger partial charge on any atom is 0.306 e. The minimum absolute atomic E-state index is 0.128. The maximum absolute atomic E-state index is 11.6. The summed E-state index contributed by atoms with van der Waals surface area (Å²) in [4.78, 5) is 11.6. The highest BCUT2D eigenvalue weighted by atomic mass is 35.5. The van der Waals surface area contributed by atoms with Crippen molar-refractivity contribution in [2.45, 2.75) is 45.1 Å². The second kappa shape index (κ2) is 10.8. The van der Waals surface area contributed by atoms with Crippen molar-refractivity contribution < 1.29 is 14.6 Å². The van der Waals surface area contributed by atoms with Crippen LogP contribution in [0.4, 0.5) is 0 Å². The van der Waals surface area contributed by atoms with Gasteiger partial charge in [-0.15, -0.1) is 0 Å². The summed E-state index contributed by atoms with van der Waals surface area (Å²) >= 11 is 6.00. The minimum Gasteiger partial charge on any atom is -0.466 e. The molecule has 2 aromatic carbocycles. The van der Waals surface area contributed by atoms with Crippen molar-refractivity contribution in [3.05, 3.63) is 69.7 Å². The van der Waals surface area contributed by atoms with Gasteiger partial charge >= 0.3 is 5.97 Å². The summed E-state index contributed by atoms with van der Waals surface area (Å²) in [5, 5.41) is 14.4. The number of hydrogen-bond donors (Lipinski definition) is 2. The third kappa shape index (κ3) is 6.56. The first kappa shape index (κ1) is 21.8. The Balaban J connectivity index is 1.45. The fraction of sp³-hybridized carbons (Fsp3) is 0.458. The number of halogens is 1. The molecule has 2 N–H and O–H groups in total. The Morgan fingerprint density at radius 1 is 1.28 bits per heavy atom. The second-order valence-corrected chi connectivity index (χ2v) is 8.18. The molecule has 0 bridgehead atoms. The van der Waals surface area contributed by atoms with Crippen molar-refractivity contribution in [1.29, 1.82) is 0 Å². The molecule has 4 nitrogen and oxygen atoms in total. The predicted molar refractivity (Wildman–Crippen MR) is 116 cm³/mol. The van der Waals surface area contributed by atoms with Crippen LogP contribution in [-0.2, 0) is 28.8 Å². The average molecular weight is 416 g/mol. The van der Waals surface area contributed by atoms with Crippen LogP contribution in [0.2, 0.25) is 5.02 Å². The molecule has 1 aliphatic carbocycles. The van der Waals surface area contributed by atoms with E-state index in [4.69, 9.17) is 16.3 Å². The molecule has 0 aliphatic heterocycles. The molecule has 156 valence electrons. The third-order valence-electron chi connectivity index (χ3n) is 5.53. The zero-order valence-electron chi connectivity index (χ0n) is 17.0. The van der Waals surface area contributed by atoms with Crippen molar-refractivity contribution >= 4 is 17.6 Å². The number of rotatable bonds is 9. The van der Waals surface area contributed by atoms with E-state index in [0.29, 0.717) is 30.5 Å². The first-order valence-corrected chi connectivity index (χ1v) is 10.8. The topological polar surface area (TPSA) is 58.6 Å². The van der Waals surface area contributed by atoms with Gasteiger partial charge in [0.2, 0.25) is 0 Å². The molecule has 0 aromatic heterocycles. The molecule has 0 spiro atoms. The zero-order valence-corrected chi connectivity index (χ0v) is 17.8. The van der Waals surface area contributed by atoms with Gasteiger partial charge in [0.05, 0.1) is 12.7 Å². The van der Waals surface area contributed by atoms with Crippen molar-refractivity contribution in [2.24, 2.45) is 5.92 Å². The number of aryl methyl sites for hydroxylation is 2. The first-order valence-electron chi connectivity index (χ1n) is 10.5. The Hall–Kier alpha value is -1.88. The number of aliphatic hydroxyl groups is 1. The molecule has 29 heavy (non-hydrogen) atoms. The minimum atomic E-state index is -0.550. The Bertz CT molecular complexity index is 824. The Morgan fingerprint density at radius 3 is 2.93 bits per heavy atom. The molecule has 0 saturated heterocycles. The molecule has 2 unspecified atom stereocenters. The fourth-order valence-corrected chi connectivity index (χ4v) is 4.15. The van der Waals surface area contributed by atoms with Gasteiger partial charge in [0.25, 0.3) is 0 Å². The fourth-order valence-electron chi connectivity index (χ4n) is 3.95. The zero-order chi connectivity index (χ0) is 20.6. The monoisotopic (exact) mass is 415 g/mol. The number of fused-ring (bicyclic) bond motifs is 1. The first-order chi connectivity index (χ1) is 14.0. The van der Waals surface area contributed by atoms with Gasteiger partial charge in [0.1, 0.15) is 0 Å². The van der Waals surface area contributed by atoms with E-state index in [9.17, 15) is 9.90 Å². The van der Waals surface area contributed by atoms with Crippen LogP contribution in [0.1, 0.15) is 48.1 Å². The van der Waals surface area contributed by atoms with E-state index in [1.54, 1.807) is 0 Å². The standard InChI is InChI=1S/C24H30ClNO3/c1-2-29-24(28)11-8-17-6-9-20-13-18(7-10-19(20)12-17)15-26-16-23(27)21-4-3-5-22(25)14-21/h3-6,9,12,14,18,23,26-27H,2,7-8,10-11,13,15-16H2,1H3. The van der Waals surface area contributed by atoms with E-state index in [0.717, 1.165) is 37.8 Å². The number of ether oxygens (including phenoxy) is 1. The van der Waals surface area contributed by atoms with Crippen LogP contribution in [0.15, 0.2) is 42.5 Å². The van der Waals surface area contributed by atoms with E-state index in [2.05, 4.69) is 23.5 Å². The summed E-state index contributed by atoms with van der Waals surface area (Å²) in [7, 11) is 0. The molecule has 1 aliphatic rings. The van der Waals surface area contributed by atoms with Gasteiger partial charge in [-0.25, -0.2) is 0 Å². The lowest BCUT2D eigenvalue weighted by molar-refractivity contribution is -0.143. The smallest absolute Gasteiger partial charge is 0.306 e. The molecular weight excluding hydrogens is 386 g/mol. The van der Waals surface area contributed by atoms with Gasteiger partial charge in [-0.3, -0.25) is 4.79 Å².